The monoisotopic (exact) mass is 250 g/mol. The number of rotatable bonds is 2. The summed E-state index contributed by atoms with van der Waals surface area (Å²) in [4.78, 5) is 21.9. The third-order valence-corrected chi connectivity index (χ3v) is 2.63. The molecule has 0 aliphatic carbocycles. The van der Waals surface area contributed by atoms with Gasteiger partial charge < -0.3 is 0 Å². The summed E-state index contributed by atoms with van der Waals surface area (Å²) in [6.07, 6.45) is 0. The van der Waals surface area contributed by atoms with E-state index in [9.17, 15) is 14.0 Å². The van der Waals surface area contributed by atoms with Crippen LogP contribution >= 0.6 is 11.8 Å². The van der Waals surface area contributed by atoms with Crippen LogP contribution < -0.4 is 0 Å². The van der Waals surface area contributed by atoms with Crippen LogP contribution in [0.25, 0.3) is 0 Å². The Morgan fingerprint density at radius 3 is 2.65 bits per heavy atom. The van der Waals surface area contributed by atoms with Gasteiger partial charge in [-0.1, -0.05) is 23.6 Å². The maximum atomic E-state index is 13.0. The molecule has 0 bridgehead atoms. The highest BCUT2D eigenvalue weighted by atomic mass is 32.2. The summed E-state index contributed by atoms with van der Waals surface area (Å²) in [6, 6.07) is 3.90. The molecule has 0 saturated heterocycles. The summed E-state index contributed by atoms with van der Waals surface area (Å²) < 4.78 is 13.0. The third kappa shape index (κ3) is 4.41. The van der Waals surface area contributed by atoms with Crippen LogP contribution in [-0.2, 0) is 4.79 Å². The average molecular weight is 250 g/mol. The minimum atomic E-state index is -0.459. The van der Waals surface area contributed by atoms with Gasteiger partial charge in [0.05, 0.1) is 5.75 Å². The molecule has 0 fully saturated rings. The van der Waals surface area contributed by atoms with Crippen LogP contribution in [0.4, 0.5) is 4.39 Å². The van der Waals surface area contributed by atoms with Crippen LogP contribution in [-0.4, -0.2) is 16.7 Å². The minimum Gasteiger partial charge on any atom is -0.294 e. The summed E-state index contributed by atoms with van der Waals surface area (Å²) in [5, 5.41) is -0.00908. The zero-order valence-corrected chi connectivity index (χ0v) is 10.4. The maximum absolute atomic E-state index is 13.0. The van der Waals surface area contributed by atoms with Crippen molar-refractivity contribution in [2.45, 2.75) is 13.8 Å². The number of thioether (sulfide) groups is 1. The Labute approximate surface area is 104 Å². The second-order valence-electron chi connectivity index (χ2n) is 3.33. The number of carbonyl (C=O) groups excluding carboxylic acids is 2. The fraction of sp³-hybridized carbons (Fsp3) is 0.231. The smallest absolute Gasteiger partial charge is 0.186 e. The normalized spacial score (nSPS) is 9.35. The van der Waals surface area contributed by atoms with Gasteiger partial charge in [0.25, 0.3) is 0 Å². The van der Waals surface area contributed by atoms with Gasteiger partial charge in [-0.25, -0.2) is 4.39 Å². The molecule has 0 N–H and O–H groups in total. The first-order valence-electron chi connectivity index (χ1n) is 4.93. The van der Waals surface area contributed by atoms with E-state index >= 15 is 0 Å². The topological polar surface area (TPSA) is 34.1 Å². The van der Waals surface area contributed by atoms with Gasteiger partial charge >= 0.3 is 0 Å². The molecule has 0 aromatic heterocycles. The van der Waals surface area contributed by atoms with E-state index in [4.69, 9.17) is 0 Å². The van der Waals surface area contributed by atoms with Crippen molar-refractivity contribution in [1.29, 1.82) is 0 Å². The molecule has 1 aromatic carbocycles. The zero-order chi connectivity index (χ0) is 12.8. The molecule has 0 unspecified atom stereocenters. The van der Waals surface area contributed by atoms with Crippen LogP contribution in [0.2, 0.25) is 0 Å². The van der Waals surface area contributed by atoms with Gasteiger partial charge in [0.1, 0.15) is 5.82 Å². The van der Waals surface area contributed by atoms with E-state index in [-0.39, 0.29) is 16.5 Å². The number of benzene rings is 1. The predicted molar refractivity (Wildman–Crippen MR) is 66.4 cm³/mol. The van der Waals surface area contributed by atoms with Gasteiger partial charge in [-0.05, 0) is 25.1 Å². The molecule has 17 heavy (non-hydrogen) atoms. The molecule has 1 rings (SSSR count). The number of ketones is 1. The van der Waals surface area contributed by atoms with Gasteiger partial charge in [-0.3, -0.25) is 9.59 Å². The zero-order valence-electron chi connectivity index (χ0n) is 9.54. The maximum Gasteiger partial charge on any atom is 0.186 e. The largest absolute Gasteiger partial charge is 0.294 e. The predicted octanol–water partition coefficient (Wildman–Crippen LogP) is 2.66. The number of carbonyl (C=O) groups is 2. The highest BCUT2D eigenvalue weighted by Gasteiger charge is 2.06. The van der Waals surface area contributed by atoms with Crippen molar-refractivity contribution in [1.82, 2.24) is 0 Å². The lowest BCUT2D eigenvalue weighted by atomic mass is 10.0. The van der Waals surface area contributed by atoms with Crippen LogP contribution in [0.5, 0.6) is 0 Å². The summed E-state index contributed by atoms with van der Waals surface area (Å²) >= 11 is 1.10. The van der Waals surface area contributed by atoms with Crippen molar-refractivity contribution in [3.8, 4) is 11.8 Å². The molecule has 0 heterocycles. The van der Waals surface area contributed by atoms with E-state index in [1.807, 2.05) is 0 Å². The number of Topliss-reactive ketones (excluding diaryl/α,β-unsaturated/α-hetero) is 1. The molecule has 0 spiro atoms. The van der Waals surface area contributed by atoms with E-state index in [0.717, 1.165) is 11.8 Å². The molecule has 2 nitrogen and oxygen atoms in total. The Kier molecular flexibility index (Phi) is 4.92. The second-order valence-corrected chi connectivity index (χ2v) is 4.48. The van der Waals surface area contributed by atoms with Crippen molar-refractivity contribution in [2.24, 2.45) is 0 Å². The Bertz CT molecular complexity index is 512. The van der Waals surface area contributed by atoms with E-state index in [2.05, 4.69) is 11.8 Å². The van der Waals surface area contributed by atoms with Crippen LogP contribution in [0.1, 0.15) is 29.8 Å². The Morgan fingerprint density at radius 2 is 2.06 bits per heavy atom. The average Bonchev–Trinajstić information content (AvgIpc) is 2.25. The van der Waals surface area contributed by atoms with Crippen LogP contribution in [0.3, 0.4) is 0 Å². The Morgan fingerprint density at radius 1 is 1.35 bits per heavy atom. The van der Waals surface area contributed by atoms with E-state index in [1.165, 1.54) is 32.0 Å². The van der Waals surface area contributed by atoms with Crippen molar-refractivity contribution < 1.29 is 14.0 Å². The number of halogens is 1. The lowest BCUT2D eigenvalue weighted by Gasteiger charge is -1.99. The van der Waals surface area contributed by atoms with Crippen molar-refractivity contribution in [3.05, 3.63) is 35.1 Å². The first-order valence-corrected chi connectivity index (χ1v) is 5.92. The lowest BCUT2D eigenvalue weighted by molar-refractivity contribution is -0.109. The summed E-state index contributed by atoms with van der Waals surface area (Å²) in [7, 11) is 0. The van der Waals surface area contributed by atoms with Crippen LogP contribution in [0, 0.1) is 17.7 Å². The van der Waals surface area contributed by atoms with E-state index in [0.29, 0.717) is 11.3 Å². The van der Waals surface area contributed by atoms with Gasteiger partial charge in [-0.15, -0.1) is 0 Å². The van der Waals surface area contributed by atoms with E-state index in [1.54, 1.807) is 0 Å². The summed E-state index contributed by atoms with van der Waals surface area (Å²) in [5.74, 6) is 5.21. The van der Waals surface area contributed by atoms with Crippen molar-refractivity contribution >= 4 is 22.7 Å². The third-order valence-electron chi connectivity index (χ3n) is 1.93. The fourth-order valence-electron chi connectivity index (χ4n) is 1.19. The minimum absolute atomic E-state index is 0.00908. The molecular weight excluding hydrogens is 239 g/mol. The highest BCUT2D eigenvalue weighted by Crippen LogP contribution is 2.11. The highest BCUT2D eigenvalue weighted by molar-refractivity contribution is 8.13. The molecule has 0 atom stereocenters. The molecule has 0 radical (unpaired) electrons. The summed E-state index contributed by atoms with van der Waals surface area (Å²) in [5.41, 5.74) is 0.758. The molecule has 4 heteroatoms. The quantitative estimate of drug-likeness (QED) is 0.597. The molecule has 0 saturated carbocycles. The van der Waals surface area contributed by atoms with Gasteiger partial charge in [0.15, 0.2) is 10.9 Å². The van der Waals surface area contributed by atoms with E-state index < -0.39 is 5.82 Å². The fourth-order valence-corrected chi connectivity index (χ4v) is 1.53. The Hall–Kier alpha value is -1.60. The van der Waals surface area contributed by atoms with Crippen LogP contribution in [0.15, 0.2) is 18.2 Å². The molecule has 0 aliphatic heterocycles. The first-order chi connectivity index (χ1) is 8.00. The summed E-state index contributed by atoms with van der Waals surface area (Å²) in [6.45, 7) is 2.83. The van der Waals surface area contributed by atoms with Crippen molar-refractivity contribution in [2.75, 3.05) is 5.75 Å². The first kappa shape index (κ1) is 13.5. The molecule has 1 aromatic rings. The molecule has 88 valence electrons. The standard InChI is InChI=1S/C13H11FO2S/c1-9(15)13-8-12(14)6-5-11(13)4-3-7-17-10(2)16/h5-6,8H,7H2,1-2H3. The molecular formula is C13H11FO2S. The number of hydrogen-bond donors (Lipinski definition) is 0. The Balaban J connectivity index is 2.90. The lowest BCUT2D eigenvalue weighted by Crippen LogP contribution is -1.97. The second kappa shape index (κ2) is 6.21. The van der Waals surface area contributed by atoms with Gasteiger partial charge in [-0.2, -0.15) is 0 Å². The number of hydrogen-bond acceptors (Lipinski definition) is 3. The van der Waals surface area contributed by atoms with Gasteiger partial charge in [0, 0.05) is 18.1 Å². The van der Waals surface area contributed by atoms with Crippen molar-refractivity contribution in [3.63, 3.8) is 0 Å². The SMILES string of the molecule is CC(=O)SCC#Cc1ccc(F)cc1C(C)=O. The van der Waals surface area contributed by atoms with Gasteiger partial charge in [0.2, 0.25) is 0 Å². The molecule has 0 aliphatic rings. The molecule has 0 amide bonds.